The Morgan fingerprint density at radius 1 is 1.10 bits per heavy atom. The van der Waals surface area contributed by atoms with Crippen LogP contribution in [0.1, 0.15) is 5.56 Å². The van der Waals surface area contributed by atoms with E-state index < -0.39 is 27.9 Å². The van der Waals surface area contributed by atoms with E-state index in [4.69, 9.17) is 4.74 Å². The van der Waals surface area contributed by atoms with Crippen LogP contribution in [-0.4, -0.2) is 27.0 Å². The fourth-order valence-corrected chi connectivity index (χ4v) is 5.18. The van der Waals surface area contributed by atoms with Crippen LogP contribution in [0.4, 0.5) is 15.8 Å². The Bertz CT molecular complexity index is 1220. The van der Waals surface area contributed by atoms with Gasteiger partial charge in [0, 0.05) is 4.47 Å². The maximum Gasteiger partial charge on any atom is 0.267 e. The Balaban J connectivity index is 1.61. The molecule has 1 aliphatic rings. The van der Waals surface area contributed by atoms with Gasteiger partial charge >= 0.3 is 0 Å². The number of hydrogen-bond acceptors (Lipinski definition) is 4. The maximum atomic E-state index is 14.1. The standard InChI is InChI=1S/C22H18BrFN2O4S/c23-16-10-11-18(17(24)12-16)25-22(27)21-13-26(19-8-4-5-9-20(19)30-21)31(28,29)14-15-6-2-1-3-7-15/h1-12,21H,13-14H2,(H,25,27). The SMILES string of the molecule is O=C(Nc1ccc(Br)cc1F)C1CN(S(=O)(=O)Cc2ccccc2)c2ccccc2O1. The molecule has 0 spiro atoms. The lowest BCUT2D eigenvalue weighted by atomic mass is 10.2. The number of nitrogens with zero attached hydrogens (tertiary/aromatic N) is 1. The Kier molecular flexibility index (Phi) is 5.97. The van der Waals surface area contributed by atoms with Crippen LogP contribution in [0.3, 0.4) is 0 Å². The van der Waals surface area contributed by atoms with E-state index in [0.717, 1.165) is 0 Å². The highest BCUT2D eigenvalue weighted by molar-refractivity contribution is 9.10. The highest BCUT2D eigenvalue weighted by Crippen LogP contribution is 2.36. The number of anilines is 2. The second kappa shape index (κ2) is 8.68. The lowest BCUT2D eigenvalue weighted by Gasteiger charge is -2.34. The molecule has 0 bridgehead atoms. The number of para-hydroxylation sites is 2. The smallest absolute Gasteiger partial charge is 0.267 e. The van der Waals surface area contributed by atoms with Gasteiger partial charge in [-0.15, -0.1) is 0 Å². The minimum atomic E-state index is -3.81. The monoisotopic (exact) mass is 504 g/mol. The van der Waals surface area contributed by atoms with Crippen LogP contribution in [0.5, 0.6) is 5.75 Å². The molecule has 3 aromatic carbocycles. The number of fused-ring (bicyclic) bond motifs is 1. The summed E-state index contributed by atoms with van der Waals surface area (Å²) in [6.45, 7) is -0.226. The zero-order chi connectivity index (χ0) is 22.0. The largest absolute Gasteiger partial charge is 0.476 e. The van der Waals surface area contributed by atoms with E-state index in [1.165, 1.54) is 16.4 Å². The van der Waals surface area contributed by atoms with Crippen molar-refractivity contribution in [3.63, 3.8) is 0 Å². The summed E-state index contributed by atoms with van der Waals surface area (Å²) in [5.74, 6) is -1.22. The molecule has 1 aliphatic heterocycles. The topological polar surface area (TPSA) is 75.7 Å². The minimum absolute atomic E-state index is 0.0191. The predicted molar refractivity (Wildman–Crippen MR) is 120 cm³/mol. The van der Waals surface area contributed by atoms with Crippen LogP contribution in [0.15, 0.2) is 77.3 Å². The number of benzene rings is 3. The fraction of sp³-hybridized carbons (Fsp3) is 0.136. The molecular weight excluding hydrogens is 487 g/mol. The summed E-state index contributed by atoms with van der Waals surface area (Å²) in [4.78, 5) is 12.8. The summed E-state index contributed by atoms with van der Waals surface area (Å²) in [5, 5.41) is 2.48. The highest BCUT2D eigenvalue weighted by Gasteiger charge is 2.36. The van der Waals surface area contributed by atoms with Crippen molar-refractivity contribution in [2.75, 3.05) is 16.2 Å². The molecule has 3 aromatic rings. The van der Waals surface area contributed by atoms with Gasteiger partial charge in [0.1, 0.15) is 11.6 Å². The molecule has 31 heavy (non-hydrogen) atoms. The van der Waals surface area contributed by atoms with Gasteiger partial charge in [-0.25, -0.2) is 12.8 Å². The van der Waals surface area contributed by atoms with Crippen molar-refractivity contribution in [2.24, 2.45) is 0 Å². The second-order valence-corrected chi connectivity index (χ2v) is 9.77. The minimum Gasteiger partial charge on any atom is -0.476 e. The van der Waals surface area contributed by atoms with Gasteiger partial charge < -0.3 is 10.1 Å². The molecule has 1 N–H and O–H groups in total. The normalized spacial score (nSPS) is 15.7. The Morgan fingerprint density at radius 2 is 1.81 bits per heavy atom. The van der Waals surface area contributed by atoms with Crippen LogP contribution in [0.25, 0.3) is 0 Å². The van der Waals surface area contributed by atoms with Gasteiger partial charge in [-0.1, -0.05) is 58.4 Å². The van der Waals surface area contributed by atoms with Crippen molar-refractivity contribution < 1.29 is 22.3 Å². The van der Waals surface area contributed by atoms with Gasteiger partial charge in [0.05, 0.1) is 23.7 Å². The van der Waals surface area contributed by atoms with E-state index in [1.54, 1.807) is 54.6 Å². The zero-order valence-corrected chi connectivity index (χ0v) is 18.6. The molecule has 160 valence electrons. The number of halogens is 2. The molecule has 1 amide bonds. The molecule has 1 heterocycles. The van der Waals surface area contributed by atoms with E-state index in [1.807, 2.05) is 6.07 Å². The van der Waals surface area contributed by atoms with E-state index in [2.05, 4.69) is 21.2 Å². The third-order valence-electron chi connectivity index (χ3n) is 4.74. The predicted octanol–water partition coefficient (Wildman–Crippen LogP) is 4.32. The summed E-state index contributed by atoms with van der Waals surface area (Å²) in [6.07, 6.45) is -1.15. The number of sulfonamides is 1. The fourth-order valence-electron chi connectivity index (χ4n) is 3.27. The average molecular weight is 505 g/mol. The van der Waals surface area contributed by atoms with E-state index in [9.17, 15) is 17.6 Å². The first-order chi connectivity index (χ1) is 14.8. The van der Waals surface area contributed by atoms with Gasteiger partial charge in [-0.3, -0.25) is 9.10 Å². The number of ether oxygens (including phenoxy) is 1. The Morgan fingerprint density at radius 3 is 2.55 bits per heavy atom. The summed E-state index contributed by atoms with van der Waals surface area (Å²) in [7, 11) is -3.81. The number of rotatable bonds is 5. The van der Waals surface area contributed by atoms with E-state index in [0.29, 0.717) is 15.7 Å². The van der Waals surface area contributed by atoms with Gasteiger partial charge in [-0.05, 0) is 35.9 Å². The van der Waals surface area contributed by atoms with Crippen LogP contribution < -0.4 is 14.4 Å². The molecule has 1 atom stereocenters. The third-order valence-corrected chi connectivity index (χ3v) is 6.95. The summed E-state index contributed by atoms with van der Waals surface area (Å²) in [6, 6.07) is 19.6. The lowest BCUT2D eigenvalue weighted by molar-refractivity contribution is -0.122. The number of carbonyl (C=O) groups excluding carboxylic acids is 1. The van der Waals surface area contributed by atoms with Crippen molar-refractivity contribution in [3.8, 4) is 5.75 Å². The lowest BCUT2D eigenvalue weighted by Crippen LogP contribution is -2.49. The van der Waals surface area contributed by atoms with E-state index >= 15 is 0 Å². The first kappa shape index (κ1) is 21.3. The van der Waals surface area contributed by atoms with Crippen molar-refractivity contribution in [2.45, 2.75) is 11.9 Å². The van der Waals surface area contributed by atoms with Gasteiger partial charge in [-0.2, -0.15) is 0 Å². The molecule has 1 unspecified atom stereocenters. The second-order valence-electron chi connectivity index (χ2n) is 6.96. The third kappa shape index (κ3) is 4.72. The Hall–Kier alpha value is -2.91. The highest BCUT2D eigenvalue weighted by atomic mass is 79.9. The van der Waals surface area contributed by atoms with E-state index in [-0.39, 0.29) is 23.7 Å². The van der Waals surface area contributed by atoms with Crippen molar-refractivity contribution in [3.05, 3.63) is 88.6 Å². The molecule has 9 heteroatoms. The molecule has 0 radical (unpaired) electrons. The summed E-state index contributed by atoms with van der Waals surface area (Å²) >= 11 is 3.16. The van der Waals surface area contributed by atoms with Gasteiger partial charge in [0.25, 0.3) is 5.91 Å². The quantitative estimate of drug-likeness (QED) is 0.561. The van der Waals surface area contributed by atoms with Crippen LogP contribution in [0, 0.1) is 5.82 Å². The molecule has 0 aromatic heterocycles. The zero-order valence-electron chi connectivity index (χ0n) is 16.2. The maximum absolute atomic E-state index is 14.1. The average Bonchev–Trinajstić information content (AvgIpc) is 2.75. The van der Waals surface area contributed by atoms with Crippen molar-refractivity contribution >= 4 is 43.2 Å². The summed E-state index contributed by atoms with van der Waals surface area (Å²) in [5.41, 5.74) is 0.969. The molecule has 0 saturated heterocycles. The number of hydrogen-bond donors (Lipinski definition) is 1. The molecule has 0 saturated carbocycles. The number of carbonyl (C=O) groups is 1. The number of amides is 1. The van der Waals surface area contributed by atoms with Crippen LogP contribution >= 0.6 is 15.9 Å². The Labute approximate surface area is 187 Å². The van der Waals surface area contributed by atoms with Gasteiger partial charge in [0.15, 0.2) is 6.10 Å². The molecular formula is C22H18BrFN2O4S. The first-order valence-electron chi connectivity index (χ1n) is 9.39. The first-order valence-corrected chi connectivity index (χ1v) is 11.8. The molecule has 4 rings (SSSR count). The van der Waals surface area contributed by atoms with Crippen LogP contribution in [-0.2, 0) is 20.6 Å². The number of nitrogens with one attached hydrogen (secondary N) is 1. The van der Waals surface area contributed by atoms with Crippen molar-refractivity contribution in [1.29, 1.82) is 0 Å². The van der Waals surface area contributed by atoms with Gasteiger partial charge in [0.2, 0.25) is 10.0 Å². The molecule has 0 aliphatic carbocycles. The van der Waals surface area contributed by atoms with Crippen LogP contribution in [0.2, 0.25) is 0 Å². The summed E-state index contributed by atoms with van der Waals surface area (Å²) < 4.78 is 48.0. The molecule has 6 nitrogen and oxygen atoms in total. The molecule has 0 fully saturated rings. The van der Waals surface area contributed by atoms with Crippen molar-refractivity contribution in [1.82, 2.24) is 0 Å².